The van der Waals surface area contributed by atoms with Gasteiger partial charge < -0.3 is 9.72 Å². The molecular weight excluding hydrogens is 466 g/mol. The van der Waals surface area contributed by atoms with E-state index in [1.54, 1.807) is 6.20 Å². The first-order chi connectivity index (χ1) is 18.2. The molecule has 0 amide bonds. The van der Waals surface area contributed by atoms with Crippen molar-refractivity contribution in [1.29, 1.82) is 0 Å². The minimum atomic E-state index is -0.436. The number of fused-ring (bicyclic) bond motifs is 1. The van der Waals surface area contributed by atoms with Gasteiger partial charge in [-0.2, -0.15) is 0 Å². The largest absolute Gasteiger partial charge is 0.377 e. The Bertz CT molecular complexity index is 1410. The third-order valence-corrected chi connectivity index (χ3v) is 7.69. The molecule has 2 atom stereocenters. The number of hydrogen-bond donors (Lipinski definition) is 1. The molecule has 4 aromatic rings. The van der Waals surface area contributed by atoms with Crippen LogP contribution in [0, 0.1) is 6.92 Å². The molecule has 6 rings (SSSR count). The van der Waals surface area contributed by atoms with Crippen LogP contribution in [0.2, 0.25) is 0 Å². The van der Waals surface area contributed by atoms with Crippen molar-refractivity contribution < 1.29 is 4.74 Å². The zero-order valence-electron chi connectivity index (χ0n) is 21.2. The maximum atomic E-state index is 13.7. The number of nitrogens with one attached hydrogen (secondary N) is 1. The molecule has 0 radical (unpaired) electrons. The van der Waals surface area contributed by atoms with Crippen LogP contribution in [-0.2, 0) is 11.3 Å². The van der Waals surface area contributed by atoms with Crippen LogP contribution in [0.25, 0.3) is 10.9 Å². The molecule has 2 aliphatic rings. The second-order valence-electron chi connectivity index (χ2n) is 10.4. The van der Waals surface area contributed by atoms with Crippen LogP contribution in [0.1, 0.15) is 73.1 Å². The van der Waals surface area contributed by atoms with Crippen molar-refractivity contribution >= 4 is 10.9 Å². The fourth-order valence-electron chi connectivity index (χ4n) is 5.86. The zero-order chi connectivity index (χ0) is 25.2. The highest BCUT2D eigenvalue weighted by Gasteiger charge is 2.35. The number of ether oxygens (including phenoxy) is 1. The highest BCUT2D eigenvalue weighted by Crippen LogP contribution is 2.35. The normalized spacial score (nSPS) is 19.2. The van der Waals surface area contributed by atoms with E-state index in [-0.39, 0.29) is 17.7 Å². The molecule has 192 valence electrons. The molecule has 1 saturated carbocycles. The lowest BCUT2D eigenvalue weighted by molar-refractivity contribution is 0.0569. The zero-order valence-corrected chi connectivity index (χ0v) is 21.2. The van der Waals surface area contributed by atoms with Crippen molar-refractivity contribution in [2.24, 2.45) is 0 Å². The number of benzene rings is 1. The third kappa shape index (κ3) is 5.06. The third-order valence-electron chi connectivity index (χ3n) is 7.69. The van der Waals surface area contributed by atoms with Gasteiger partial charge in [0.1, 0.15) is 6.04 Å². The molecule has 0 bridgehead atoms. The van der Waals surface area contributed by atoms with E-state index in [0.29, 0.717) is 24.5 Å². The van der Waals surface area contributed by atoms with Gasteiger partial charge in [0.2, 0.25) is 0 Å². The van der Waals surface area contributed by atoms with Crippen LogP contribution >= 0.6 is 0 Å². The van der Waals surface area contributed by atoms with Gasteiger partial charge in [0.25, 0.3) is 5.56 Å². The van der Waals surface area contributed by atoms with Crippen molar-refractivity contribution in [2.75, 3.05) is 13.2 Å². The number of aryl methyl sites for hydroxylation is 1. The molecule has 1 aromatic carbocycles. The van der Waals surface area contributed by atoms with E-state index < -0.39 is 6.04 Å². The summed E-state index contributed by atoms with van der Waals surface area (Å²) in [7, 11) is 0. The van der Waals surface area contributed by atoms with E-state index in [4.69, 9.17) is 4.74 Å². The Kier molecular flexibility index (Phi) is 6.80. The SMILES string of the molecule is Cc1ccc2cc([C@H](c3nnnn3C3CCCC3)N(Cc3cccnc3)C[C@H]3CCCO3)c(=O)[nH]c2c1. The van der Waals surface area contributed by atoms with Crippen molar-refractivity contribution in [3.05, 3.63) is 81.7 Å². The standard InChI is InChI=1S/C28H33N7O2/c1-19-10-11-21-15-24(28(36)30-25(21)14-19)26(27-31-32-33-35(27)22-7-2-3-8-22)34(18-23-9-5-13-37-23)17-20-6-4-12-29-16-20/h4,6,10-12,14-16,22-23,26H,2-3,5,7-9,13,17-18H2,1H3,(H,30,36)/t23-,26-/m1/s1. The fraction of sp³-hybridized carbons (Fsp3) is 0.464. The van der Waals surface area contributed by atoms with Crippen LogP contribution in [-0.4, -0.2) is 54.3 Å². The summed E-state index contributed by atoms with van der Waals surface area (Å²) < 4.78 is 8.04. The van der Waals surface area contributed by atoms with Gasteiger partial charge in [0.15, 0.2) is 5.82 Å². The monoisotopic (exact) mass is 499 g/mol. The summed E-state index contributed by atoms with van der Waals surface area (Å²) in [5.74, 6) is 0.714. The molecule has 2 fully saturated rings. The van der Waals surface area contributed by atoms with E-state index in [2.05, 4.69) is 48.6 Å². The molecule has 0 spiro atoms. The molecule has 3 aromatic heterocycles. The van der Waals surface area contributed by atoms with E-state index in [9.17, 15) is 4.79 Å². The summed E-state index contributed by atoms with van der Waals surface area (Å²) in [6, 6.07) is 12.0. The van der Waals surface area contributed by atoms with Crippen LogP contribution in [0.3, 0.4) is 0 Å². The number of hydrogen-bond acceptors (Lipinski definition) is 7. The average molecular weight is 500 g/mol. The van der Waals surface area contributed by atoms with Gasteiger partial charge in [-0.15, -0.1) is 5.10 Å². The molecule has 0 unspecified atom stereocenters. The Morgan fingerprint density at radius 2 is 2.05 bits per heavy atom. The first-order valence-electron chi connectivity index (χ1n) is 13.3. The first kappa shape index (κ1) is 23.9. The number of aromatic amines is 1. The van der Waals surface area contributed by atoms with E-state index in [0.717, 1.165) is 54.3 Å². The summed E-state index contributed by atoms with van der Waals surface area (Å²) in [5.41, 5.74) is 3.54. The maximum absolute atomic E-state index is 13.7. The minimum absolute atomic E-state index is 0.0946. The highest BCUT2D eigenvalue weighted by atomic mass is 16.5. The number of tetrazole rings is 1. The maximum Gasteiger partial charge on any atom is 0.253 e. The Hall–Kier alpha value is -3.43. The molecule has 9 heteroatoms. The molecular formula is C28H33N7O2. The van der Waals surface area contributed by atoms with Crippen molar-refractivity contribution in [3.8, 4) is 0 Å². The first-order valence-corrected chi connectivity index (χ1v) is 13.3. The number of aromatic nitrogens is 6. The Morgan fingerprint density at radius 3 is 2.84 bits per heavy atom. The molecule has 4 heterocycles. The van der Waals surface area contributed by atoms with Gasteiger partial charge in [0.05, 0.1) is 12.1 Å². The Balaban J connectivity index is 1.50. The van der Waals surface area contributed by atoms with Crippen LogP contribution in [0.15, 0.2) is 53.6 Å². The van der Waals surface area contributed by atoms with E-state index in [1.165, 1.54) is 12.8 Å². The van der Waals surface area contributed by atoms with Crippen LogP contribution < -0.4 is 5.56 Å². The second kappa shape index (κ2) is 10.5. The number of rotatable bonds is 8. The lowest BCUT2D eigenvalue weighted by Crippen LogP contribution is -2.39. The van der Waals surface area contributed by atoms with Crippen molar-refractivity contribution in [2.45, 2.75) is 70.2 Å². The Morgan fingerprint density at radius 1 is 1.16 bits per heavy atom. The van der Waals surface area contributed by atoms with Gasteiger partial charge in [-0.3, -0.25) is 14.7 Å². The average Bonchev–Trinajstić information content (AvgIpc) is 3.68. The summed E-state index contributed by atoms with van der Waals surface area (Å²) >= 11 is 0. The lowest BCUT2D eigenvalue weighted by atomic mass is 10.0. The molecule has 1 aliphatic carbocycles. The molecule has 1 aliphatic heterocycles. The molecule has 37 heavy (non-hydrogen) atoms. The molecule has 9 nitrogen and oxygen atoms in total. The second-order valence-corrected chi connectivity index (χ2v) is 10.4. The van der Waals surface area contributed by atoms with E-state index >= 15 is 0 Å². The molecule has 1 N–H and O–H groups in total. The smallest absolute Gasteiger partial charge is 0.253 e. The lowest BCUT2D eigenvalue weighted by Gasteiger charge is -2.33. The Labute approximate surface area is 215 Å². The predicted octanol–water partition coefficient (Wildman–Crippen LogP) is 4.10. The number of H-pyrrole nitrogens is 1. The summed E-state index contributed by atoms with van der Waals surface area (Å²) in [5, 5.41) is 14.1. The van der Waals surface area contributed by atoms with E-state index in [1.807, 2.05) is 36.0 Å². The minimum Gasteiger partial charge on any atom is -0.377 e. The number of nitrogens with zero attached hydrogens (tertiary/aromatic N) is 6. The summed E-state index contributed by atoms with van der Waals surface area (Å²) in [6.07, 6.45) is 10.2. The van der Waals surface area contributed by atoms with Gasteiger partial charge in [-0.05, 0) is 77.7 Å². The van der Waals surface area contributed by atoms with Crippen molar-refractivity contribution in [3.63, 3.8) is 0 Å². The summed E-state index contributed by atoms with van der Waals surface area (Å²) in [4.78, 5) is 23.5. The summed E-state index contributed by atoms with van der Waals surface area (Å²) in [6.45, 7) is 4.07. The predicted molar refractivity (Wildman–Crippen MR) is 140 cm³/mol. The van der Waals surface area contributed by atoms with Gasteiger partial charge >= 0.3 is 0 Å². The topological polar surface area (TPSA) is 102 Å². The molecule has 1 saturated heterocycles. The quantitative estimate of drug-likeness (QED) is 0.389. The number of pyridine rings is 2. The van der Waals surface area contributed by atoms with Crippen LogP contribution in [0.5, 0.6) is 0 Å². The van der Waals surface area contributed by atoms with Gasteiger partial charge in [-0.1, -0.05) is 31.0 Å². The highest BCUT2D eigenvalue weighted by molar-refractivity contribution is 5.79. The van der Waals surface area contributed by atoms with Gasteiger partial charge in [0, 0.05) is 43.2 Å². The van der Waals surface area contributed by atoms with Gasteiger partial charge in [-0.25, -0.2) is 4.68 Å². The van der Waals surface area contributed by atoms with Crippen molar-refractivity contribution in [1.82, 2.24) is 35.1 Å². The van der Waals surface area contributed by atoms with Crippen LogP contribution in [0.4, 0.5) is 0 Å². The fourth-order valence-corrected chi connectivity index (χ4v) is 5.86.